The summed E-state index contributed by atoms with van der Waals surface area (Å²) < 4.78 is 16.8. The molecule has 0 bridgehead atoms. The molecule has 0 aliphatic heterocycles. The summed E-state index contributed by atoms with van der Waals surface area (Å²) >= 11 is 0. The molecule has 2 heterocycles. The smallest absolute Gasteiger partial charge is 0.258 e. The number of amides is 1. The molecule has 140 valence electrons. The van der Waals surface area contributed by atoms with Crippen molar-refractivity contribution in [3.05, 3.63) is 88.8 Å². The van der Waals surface area contributed by atoms with Crippen molar-refractivity contribution >= 4 is 16.9 Å². The van der Waals surface area contributed by atoms with Crippen LogP contribution in [0, 0.1) is 0 Å². The molecule has 0 fully saturated rings. The summed E-state index contributed by atoms with van der Waals surface area (Å²) in [7, 11) is 0. The van der Waals surface area contributed by atoms with Crippen LogP contribution in [0.4, 0.5) is 0 Å². The molecule has 2 aromatic heterocycles. The molecule has 0 unspecified atom stereocenters. The van der Waals surface area contributed by atoms with Crippen molar-refractivity contribution in [3.63, 3.8) is 0 Å². The highest BCUT2D eigenvalue weighted by Crippen LogP contribution is 2.31. The summed E-state index contributed by atoms with van der Waals surface area (Å²) in [4.78, 5) is 25.0. The van der Waals surface area contributed by atoms with Crippen LogP contribution in [0.2, 0.25) is 0 Å². The SMILES string of the molecule is O=C(COc1c(-c2ccco2)oc2ccccc2c1=O)NCc1ccccc1. The number of fused-ring (bicyclic) bond motifs is 1. The lowest BCUT2D eigenvalue weighted by atomic mass is 10.2. The highest BCUT2D eigenvalue weighted by Gasteiger charge is 2.20. The maximum atomic E-state index is 12.9. The van der Waals surface area contributed by atoms with Gasteiger partial charge in [-0.1, -0.05) is 42.5 Å². The van der Waals surface area contributed by atoms with Gasteiger partial charge < -0.3 is 18.9 Å². The molecule has 1 N–H and O–H groups in total. The molecule has 1 amide bonds. The molecular weight excluding hydrogens is 358 g/mol. The number of benzene rings is 2. The van der Waals surface area contributed by atoms with Gasteiger partial charge in [-0.15, -0.1) is 0 Å². The van der Waals surface area contributed by atoms with Crippen LogP contribution in [0.15, 0.2) is 86.6 Å². The summed E-state index contributed by atoms with van der Waals surface area (Å²) in [6.45, 7) is 0.0596. The van der Waals surface area contributed by atoms with Crippen molar-refractivity contribution in [1.29, 1.82) is 0 Å². The lowest BCUT2D eigenvalue weighted by Gasteiger charge is -2.10. The minimum absolute atomic E-state index is 0.0523. The fraction of sp³-hybridized carbons (Fsp3) is 0.0909. The average molecular weight is 375 g/mol. The second kappa shape index (κ2) is 7.84. The number of nitrogens with one attached hydrogen (secondary N) is 1. The van der Waals surface area contributed by atoms with E-state index < -0.39 is 0 Å². The molecular formula is C22H17NO5. The molecule has 0 aliphatic rings. The molecule has 0 spiro atoms. The number of ether oxygens (including phenoxy) is 1. The fourth-order valence-corrected chi connectivity index (χ4v) is 2.81. The number of carbonyl (C=O) groups excluding carboxylic acids is 1. The summed E-state index contributed by atoms with van der Waals surface area (Å²) in [5, 5.41) is 3.13. The molecule has 0 aliphatic carbocycles. The Balaban J connectivity index is 1.57. The van der Waals surface area contributed by atoms with Gasteiger partial charge in [0, 0.05) is 6.54 Å². The van der Waals surface area contributed by atoms with E-state index in [1.165, 1.54) is 6.26 Å². The van der Waals surface area contributed by atoms with Crippen molar-refractivity contribution in [2.45, 2.75) is 6.54 Å². The second-order valence-corrected chi connectivity index (χ2v) is 6.11. The first-order chi connectivity index (χ1) is 13.7. The van der Waals surface area contributed by atoms with Crippen LogP contribution in [0.3, 0.4) is 0 Å². The van der Waals surface area contributed by atoms with Gasteiger partial charge in [-0.05, 0) is 29.8 Å². The van der Waals surface area contributed by atoms with E-state index in [0.717, 1.165) is 5.56 Å². The Morgan fingerprint density at radius 1 is 0.964 bits per heavy atom. The van der Waals surface area contributed by atoms with Gasteiger partial charge in [0.25, 0.3) is 5.91 Å². The third-order valence-corrected chi connectivity index (χ3v) is 4.18. The van der Waals surface area contributed by atoms with Gasteiger partial charge in [-0.2, -0.15) is 0 Å². The minimum Gasteiger partial charge on any atom is -0.476 e. The predicted octanol–water partition coefficient (Wildman–Crippen LogP) is 3.75. The number of furan rings is 1. The molecule has 0 saturated heterocycles. The maximum Gasteiger partial charge on any atom is 0.258 e. The average Bonchev–Trinajstić information content (AvgIpc) is 3.27. The number of carbonyl (C=O) groups is 1. The Bertz CT molecular complexity index is 1150. The van der Waals surface area contributed by atoms with Crippen molar-refractivity contribution in [1.82, 2.24) is 5.32 Å². The highest BCUT2D eigenvalue weighted by atomic mass is 16.5. The summed E-state index contributed by atoms with van der Waals surface area (Å²) in [6.07, 6.45) is 1.47. The minimum atomic E-state index is -0.357. The molecule has 28 heavy (non-hydrogen) atoms. The van der Waals surface area contributed by atoms with Gasteiger partial charge in [-0.3, -0.25) is 9.59 Å². The van der Waals surface area contributed by atoms with Crippen LogP contribution >= 0.6 is 0 Å². The topological polar surface area (TPSA) is 81.7 Å². The normalized spacial score (nSPS) is 10.7. The lowest BCUT2D eigenvalue weighted by Crippen LogP contribution is -2.29. The number of hydrogen-bond acceptors (Lipinski definition) is 5. The molecule has 2 aromatic carbocycles. The van der Waals surface area contributed by atoms with Crippen LogP contribution in [-0.4, -0.2) is 12.5 Å². The second-order valence-electron chi connectivity index (χ2n) is 6.11. The zero-order chi connectivity index (χ0) is 19.3. The van der Waals surface area contributed by atoms with Crippen molar-refractivity contribution in [3.8, 4) is 17.3 Å². The Morgan fingerprint density at radius 2 is 1.75 bits per heavy atom. The summed E-state index contributed by atoms with van der Waals surface area (Å²) in [6, 6.07) is 19.7. The van der Waals surface area contributed by atoms with Gasteiger partial charge in [0.1, 0.15) is 5.58 Å². The Kier molecular flexibility index (Phi) is 4.93. The van der Waals surface area contributed by atoms with Crippen molar-refractivity contribution in [2.24, 2.45) is 0 Å². The van der Waals surface area contributed by atoms with Crippen LogP contribution in [0.1, 0.15) is 5.56 Å². The van der Waals surface area contributed by atoms with Crippen molar-refractivity contribution in [2.75, 3.05) is 6.61 Å². The van der Waals surface area contributed by atoms with E-state index in [1.807, 2.05) is 30.3 Å². The Labute approximate surface area is 160 Å². The predicted molar refractivity (Wildman–Crippen MR) is 104 cm³/mol. The van der Waals surface area contributed by atoms with Crippen molar-refractivity contribution < 1.29 is 18.4 Å². The first-order valence-electron chi connectivity index (χ1n) is 8.75. The summed E-state index contributed by atoms with van der Waals surface area (Å²) in [5.74, 6) is 0.109. The van der Waals surface area contributed by atoms with Crippen LogP contribution < -0.4 is 15.5 Å². The quantitative estimate of drug-likeness (QED) is 0.555. The molecule has 4 aromatic rings. The lowest BCUT2D eigenvalue weighted by molar-refractivity contribution is -0.123. The first kappa shape index (κ1) is 17.6. The van der Waals surface area contributed by atoms with Gasteiger partial charge in [0.05, 0.1) is 11.6 Å². The molecule has 6 heteroatoms. The van der Waals surface area contributed by atoms with Gasteiger partial charge in [0.15, 0.2) is 12.4 Å². The standard InChI is InChI=1S/C22H17NO5/c24-19(23-13-15-7-2-1-3-8-15)14-27-22-20(25)16-9-4-5-10-17(16)28-21(22)18-11-6-12-26-18/h1-12H,13-14H2,(H,23,24). The number of para-hydroxylation sites is 1. The molecule has 6 nitrogen and oxygen atoms in total. The van der Waals surface area contributed by atoms with Crippen LogP contribution in [0.5, 0.6) is 5.75 Å². The van der Waals surface area contributed by atoms with E-state index in [2.05, 4.69) is 5.32 Å². The van der Waals surface area contributed by atoms with Gasteiger partial charge in [0.2, 0.25) is 16.9 Å². The van der Waals surface area contributed by atoms with E-state index in [-0.39, 0.29) is 29.5 Å². The molecule has 0 atom stereocenters. The largest absolute Gasteiger partial charge is 0.476 e. The third-order valence-electron chi connectivity index (χ3n) is 4.18. The first-order valence-corrected chi connectivity index (χ1v) is 8.75. The molecule has 0 saturated carbocycles. The maximum absolute atomic E-state index is 12.9. The Hall–Kier alpha value is -3.80. The monoisotopic (exact) mass is 375 g/mol. The number of hydrogen-bond donors (Lipinski definition) is 1. The van der Waals surface area contributed by atoms with Gasteiger partial charge >= 0.3 is 0 Å². The Morgan fingerprint density at radius 3 is 2.54 bits per heavy atom. The third kappa shape index (κ3) is 3.66. The van der Waals surface area contributed by atoms with E-state index >= 15 is 0 Å². The highest BCUT2D eigenvalue weighted by molar-refractivity contribution is 5.82. The van der Waals surface area contributed by atoms with E-state index in [9.17, 15) is 9.59 Å². The summed E-state index contributed by atoms with van der Waals surface area (Å²) in [5.41, 5.74) is 1.03. The number of rotatable bonds is 6. The van der Waals surface area contributed by atoms with E-state index in [4.69, 9.17) is 13.6 Å². The zero-order valence-corrected chi connectivity index (χ0v) is 14.9. The van der Waals surface area contributed by atoms with Gasteiger partial charge in [-0.25, -0.2) is 0 Å². The van der Waals surface area contributed by atoms with E-state index in [0.29, 0.717) is 23.3 Å². The molecule has 0 radical (unpaired) electrons. The zero-order valence-electron chi connectivity index (χ0n) is 14.9. The molecule has 4 rings (SSSR count). The van der Waals surface area contributed by atoms with E-state index in [1.54, 1.807) is 36.4 Å². The van der Waals surface area contributed by atoms with Crippen LogP contribution in [0.25, 0.3) is 22.5 Å². The fourth-order valence-electron chi connectivity index (χ4n) is 2.81. The van der Waals surface area contributed by atoms with Crippen LogP contribution in [-0.2, 0) is 11.3 Å².